The Morgan fingerprint density at radius 2 is 1.55 bits per heavy atom. The van der Waals surface area contributed by atoms with E-state index < -0.39 is 22.5 Å². The summed E-state index contributed by atoms with van der Waals surface area (Å²) in [4.78, 5) is 13.0. The van der Waals surface area contributed by atoms with Crippen LogP contribution in [0.4, 0.5) is 5.69 Å². The number of amides is 1. The minimum Gasteiger partial charge on any atom is -0.495 e. The van der Waals surface area contributed by atoms with Crippen molar-refractivity contribution >= 4 is 21.6 Å². The number of nitrogens with zero attached hydrogens (tertiary/aromatic N) is 1. The fraction of sp³-hybridized carbons (Fsp3) is 0.240. The van der Waals surface area contributed by atoms with Crippen molar-refractivity contribution in [3.63, 3.8) is 0 Å². The molecule has 0 aliphatic heterocycles. The molecule has 1 atom stereocenters. The molecule has 3 rings (SSSR count). The summed E-state index contributed by atoms with van der Waals surface area (Å²) in [6.07, 6.45) is 0. The van der Waals surface area contributed by atoms with Gasteiger partial charge in [0.25, 0.3) is 10.0 Å². The Morgan fingerprint density at radius 3 is 2.21 bits per heavy atom. The van der Waals surface area contributed by atoms with Gasteiger partial charge in [-0.3, -0.25) is 9.10 Å². The molecule has 0 aromatic heterocycles. The first-order valence-corrected chi connectivity index (χ1v) is 12.0. The van der Waals surface area contributed by atoms with E-state index in [1.807, 2.05) is 31.2 Å². The quantitative estimate of drug-likeness (QED) is 0.490. The number of hydrogen-bond donors (Lipinski definition) is 1. The molecule has 3 aromatic carbocycles. The fourth-order valence-corrected chi connectivity index (χ4v) is 4.73. The molecule has 0 heterocycles. The molecule has 1 N–H and O–H groups in total. The van der Waals surface area contributed by atoms with Crippen LogP contribution in [0.5, 0.6) is 11.5 Å². The number of rotatable bonds is 10. The predicted molar refractivity (Wildman–Crippen MR) is 128 cm³/mol. The summed E-state index contributed by atoms with van der Waals surface area (Å²) in [6.45, 7) is 3.58. The highest BCUT2D eigenvalue weighted by Crippen LogP contribution is 2.32. The van der Waals surface area contributed by atoms with Crippen LogP contribution in [0.3, 0.4) is 0 Å². The second-order valence-electron chi connectivity index (χ2n) is 7.54. The predicted octanol–water partition coefficient (Wildman–Crippen LogP) is 3.78. The second kappa shape index (κ2) is 10.9. The first kappa shape index (κ1) is 24.1. The summed E-state index contributed by atoms with van der Waals surface area (Å²) >= 11 is 0. The number of aryl methyl sites for hydroxylation is 1. The van der Waals surface area contributed by atoms with Crippen LogP contribution in [-0.2, 0) is 14.8 Å². The lowest BCUT2D eigenvalue weighted by Gasteiger charge is -2.26. The first-order valence-electron chi connectivity index (χ1n) is 10.5. The highest BCUT2D eigenvalue weighted by Gasteiger charge is 2.29. The van der Waals surface area contributed by atoms with Crippen molar-refractivity contribution in [1.29, 1.82) is 0 Å². The topological polar surface area (TPSA) is 84.9 Å². The van der Waals surface area contributed by atoms with Gasteiger partial charge < -0.3 is 14.8 Å². The molecule has 0 saturated carbocycles. The van der Waals surface area contributed by atoms with Crippen LogP contribution in [0.1, 0.15) is 12.5 Å². The number of hydrogen-bond acceptors (Lipinski definition) is 5. The van der Waals surface area contributed by atoms with E-state index in [2.05, 4.69) is 5.32 Å². The minimum absolute atomic E-state index is 0.0830. The number of carbonyl (C=O) groups excluding carboxylic acids is 1. The normalized spacial score (nSPS) is 12.0. The Kier molecular flexibility index (Phi) is 7.95. The lowest BCUT2D eigenvalue weighted by molar-refractivity contribution is -0.120. The van der Waals surface area contributed by atoms with E-state index in [4.69, 9.17) is 9.47 Å². The maximum atomic E-state index is 13.4. The summed E-state index contributed by atoms with van der Waals surface area (Å²) in [7, 11) is -2.56. The van der Waals surface area contributed by atoms with Gasteiger partial charge in [0.05, 0.1) is 23.7 Å². The molecule has 1 unspecified atom stereocenters. The number of benzene rings is 3. The molecule has 3 aromatic rings. The summed E-state index contributed by atoms with van der Waals surface area (Å²) in [5.41, 5.74) is 1.27. The zero-order valence-corrected chi connectivity index (χ0v) is 19.7. The molecule has 0 spiro atoms. The lowest BCUT2D eigenvalue weighted by Crippen LogP contribution is -2.45. The standard InChI is InChI=1S/C25H28N2O5S/c1-19-11-7-9-15-23(19)32-18-20(2)26-25(28)17-27(22-14-8-10-16-24(22)31-3)33(29,30)21-12-5-4-6-13-21/h4-16,20H,17-18H2,1-3H3,(H,26,28). The van der Waals surface area contributed by atoms with Crippen LogP contribution >= 0.6 is 0 Å². The Labute approximate surface area is 195 Å². The molecule has 0 saturated heterocycles. The molecule has 0 fully saturated rings. The van der Waals surface area contributed by atoms with Crippen LogP contribution in [0.2, 0.25) is 0 Å². The Bertz CT molecular complexity index is 1180. The van der Waals surface area contributed by atoms with Gasteiger partial charge in [-0.05, 0) is 49.7 Å². The van der Waals surface area contributed by atoms with E-state index in [-0.39, 0.29) is 23.2 Å². The van der Waals surface area contributed by atoms with Crippen LogP contribution in [0, 0.1) is 6.92 Å². The molecule has 174 valence electrons. The van der Waals surface area contributed by atoms with Crippen LogP contribution in [0.25, 0.3) is 0 Å². The van der Waals surface area contributed by atoms with Crippen molar-refractivity contribution in [2.45, 2.75) is 24.8 Å². The third kappa shape index (κ3) is 6.04. The van der Waals surface area contributed by atoms with Crippen molar-refractivity contribution < 1.29 is 22.7 Å². The Morgan fingerprint density at radius 1 is 0.939 bits per heavy atom. The summed E-state index contributed by atoms with van der Waals surface area (Å²) in [5, 5.41) is 2.82. The van der Waals surface area contributed by atoms with Gasteiger partial charge in [-0.15, -0.1) is 0 Å². The van der Waals surface area contributed by atoms with Crippen LogP contribution in [-0.4, -0.2) is 40.6 Å². The number of anilines is 1. The molecule has 7 nitrogen and oxygen atoms in total. The summed E-state index contributed by atoms with van der Waals surface area (Å²) < 4.78 is 39.1. The average Bonchev–Trinajstić information content (AvgIpc) is 2.82. The van der Waals surface area contributed by atoms with E-state index in [1.54, 1.807) is 49.4 Å². The monoisotopic (exact) mass is 468 g/mol. The number of carbonyl (C=O) groups is 1. The van der Waals surface area contributed by atoms with Gasteiger partial charge in [0, 0.05) is 0 Å². The van der Waals surface area contributed by atoms with E-state index in [0.717, 1.165) is 15.6 Å². The Balaban J connectivity index is 1.78. The zero-order valence-electron chi connectivity index (χ0n) is 18.9. The van der Waals surface area contributed by atoms with Gasteiger partial charge in [0.1, 0.15) is 24.7 Å². The zero-order chi connectivity index (χ0) is 23.8. The highest BCUT2D eigenvalue weighted by atomic mass is 32.2. The van der Waals surface area contributed by atoms with E-state index >= 15 is 0 Å². The van der Waals surface area contributed by atoms with Crippen LogP contribution < -0.4 is 19.1 Å². The third-order valence-electron chi connectivity index (χ3n) is 4.96. The molecule has 8 heteroatoms. The van der Waals surface area contributed by atoms with Crippen molar-refractivity contribution in [3.8, 4) is 11.5 Å². The van der Waals surface area contributed by atoms with E-state index in [0.29, 0.717) is 5.75 Å². The van der Waals surface area contributed by atoms with Gasteiger partial charge in [-0.1, -0.05) is 48.5 Å². The van der Waals surface area contributed by atoms with Gasteiger partial charge >= 0.3 is 0 Å². The van der Waals surface area contributed by atoms with E-state index in [9.17, 15) is 13.2 Å². The highest BCUT2D eigenvalue weighted by molar-refractivity contribution is 7.92. The van der Waals surface area contributed by atoms with Gasteiger partial charge in [-0.2, -0.15) is 0 Å². The third-order valence-corrected chi connectivity index (χ3v) is 6.74. The van der Waals surface area contributed by atoms with Crippen molar-refractivity contribution in [3.05, 3.63) is 84.4 Å². The number of methoxy groups -OCH3 is 1. The number of para-hydroxylation sites is 3. The van der Waals surface area contributed by atoms with E-state index in [1.165, 1.54) is 19.2 Å². The first-order chi connectivity index (χ1) is 15.8. The maximum absolute atomic E-state index is 13.4. The SMILES string of the molecule is COc1ccccc1N(CC(=O)NC(C)COc1ccccc1C)S(=O)(=O)c1ccccc1. The summed E-state index contributed by atoms with van der Waals surface area (Å²) in [5.74, 6) is 0.628. The largest absolute Gasteiger partial charge is 0.495 e. The van der Waals surface area contributed by atoms with Gasteiger partial charge in [0.2, 0.25) is 5.91 Å². The summed E-state index contributed by atoms with van der Waals surface area (Å²) in [6, 6.07) is 22.0. The van der Waals surface area contributed by atoms with Crippen molar-refractivity contribution in [2.24, 2.45) is 0 Å². The molecule has 0 aliphatic carbocycles. The molecule has 1 amide bonds. The number of nitrogens with one attached hydrogen (secondary N) is 1. The Hall–Kier alpha value is -3.52. The molecular formula is C25H28N2O5S. The smallest absolute Gasteiger partial charge is 0.264 e. The van der Waals surface area contributed by atoms with Crippen molar-refractivity contribution in [2.75, 3.05) is 24.6 Å². The number of sulfonamides is 1. The second-order valence-corrected chi connectivity index (χ2v) is 9.40. The molecule has 0 bridgehead atoms. The minimum atomic E-state index is -4.02. The van der Waals surface area contributed by atoms with Crippen molar-refractivity contribution in [1.82, 2.24) is 5.32 Å². The maximum Gasteiger partial charge on any atom is 0.264 e. The molecule has 0 aliphatic rings. The molecule has 0 radical (unpaired) electrons. The molecular weight excluding hydrogens is 440 g/mol. The van der Waals surface area contributed by atoms with Gasteiger partial charge in [0.15, 0.2) is 0 Å². The van der Waals surface area contributed by atoms with Gasteiger partial charge in [-0.25, -0.2) is 8.42 Å². The fourth-order valence-electron chi connectivity index (χ4n) is 3.28. The average molecular weight is 469 g/mol. The van der Waals surface area contributed by atoms with Crippen LogP contribution in [0.15, 0.2) is 83.8 Å². The number of ether oxygens (including phenoxy) is 2. The molecule has 33 heavy (non-hydrogen) atoms. The lowest BCUT2D eigenvalue weighted by atomic mass is 10.2.